The first-order valence-corrected chi connectivity index (χ1v) is 5.18. The molecule has 1 fully saturated rings. The van der Waals surface area contributed by atoms with Gasteiger partial charge in [-0.05, 0) is 23.3 Å². The summed E-state index contributed by atoms with van der Waals surface area (Å²) < 4.78 is 10.5. The molecule has 1 aliphatic carbocycles. The van der Waals surface area contributed by atoms with Crippen LogP contribution in [0.25, 0.3) is 0 Å². The smallest absolute Gasteiger partial charge is 0.308 e. The highest BCUT2D eigenvalue weighted by molar-refractivity contribution is 5.69. The zero-order valence-electron chi connectivity index (χ0n) is 8.53. The van der Waals surface area contributed by atoms with E-state index in [9.17, 15) is 4.79 Å². The third kappa shape index (κ3) is 1.63. The number of hydrogen-bond donors (Lipinski definition) is 0. The standard InChI is InChI=1S/C12H12O3/c1-7(13)14-10-3-2-8-5-11-12(15-11)6-9(8)4-10/h2-4,11-12H,5-6H2,1H3. The Morgan fingerprint density at radius 1 is 1.33 bits per heavy atom. The van der Waals surface area contributed by atoms with Gasteiger partial charge in [-0.3, -0.25) is 4.79 Å². The number of carbonyl (C=O) groups excluding carboxylic acids is 1. The number of carbonyl (C=O) groups is 1. The predicted molar refractivity (Wildman–Crippen MR) is 53.8 cm³/mol. The molecule has 1 saturated heterocycles. The molecule has 0 radical (unpaired) electrons. The first kappa shape index (κ1) is 8.92. The third-order valence-corrected chi connectivity index (χ3v) is 2.97. The van der Waals surface area contributed by atoms with Crippen molar-refractivity contribution in [2.75, 3.05) is 0 Å². The molecule has 0 aromatic heterocycles. The number of fused-ring (bicyclic) bond motifs is 2. The van der Waals surface area contributed by atoms with Gasteiger partial charge in [-0.1, -0.05) is 6.07 Å². The van der Waals surface area contributed by atoms with E-state index < -0.39 is 0 Å². The first-order valence-electron chi connectivity index (χ1n) is 5.18. The van der Waals surface area contributed by atoms with E-state index in [1.807, 2.05) is 18.2 Å². The van der Waals surface area contributed by atoms with Gasteiger partial charge in [0.25, 0.3) is 0 Å². The number of rotatable bonds is 1. The molecule has 0 N–H and O–H groups in total. The maximum atomic E-state index is 10.8. The summed E-state index contributed by atoms with van der Waals surface area (Å²) in [6, 6.07) is 5.84. The maximum absolute atomic E-state index is 10.8. The lowest BCUT2D eigenvalue weighted by Crippen LogP contribution is -2.12. The highest BCUT2D eigenvalue weighted by atomic mass is 16.6. The van der Waals surface area contributed by atoms with Crippen molar-refractivity contribution in [3.63, 3.8) is 0 Å². The van der Waals surface area contributed by atoms with Crippen LogP contribution in [-0.2, 0) is 22.4 Å². The van der Waals surface area contributed by atoms with Crippen LogP contribution in [0.5, 0.6) is 5.75 Å². The zero-order chi connectivity index (χ0) is 10.4. The van der Waals surface area contributed by atoms with Crippen LogP contribution in [0.4, 0.5) is 0 Å². The number of hydrogen-bond acceptors (Lipinski definition) is 3. The number of epoxide rings is 1. The van der Waals surface area contributed by atoms with Crippen LogP contribution in [0.1, 0.15) is 18.1 Å². The molecule has 1 aromatic carbocycles. The minimum atomic E-state index is -0.272. The quantitative estimate of drug-likeness (QED) is 0.395. The van der Waals surface area contributed by atoms with Crippen LogP contribution < -0.4 is 4.74 Å². The molecule has 0 saturated carbocycles. The Morgan fingerprint density at radius 3 is 2.80 bits per heavy atom. The van der Waals surface area contributed by atoms with E-state index in [0.29, 0.717) is 18.0 Å². The van der Waals surface area contributed by atoms with Gasteiger partial charge in [0.05, 0.1) is 12.2 Å². The van der Waals surface area contributed by atoms with E-state index in [-0.39, 0.29) is 5.97 Å². The summed E-state index contributed by atoms with van der Waals surface area (Å²) >= 11 is 0. The van der Waals surface area contributed by atoms with Crippen LogP contribution in [0, 0.1) is 0 Å². The van der Waals surface area contributed by atoms with Gasteiger partial charge in [-0.15, -0.1) is 0 Å². The minimum Gasteiger partial charge on any atom is -0.427 e. The van der Waals surface area contributed by atoms with Gasteiger partial charge in [-0.25, -0.2) is 0 Å². The van der Waals surface area contributed by atoms with Gasteiger partial charge in [0, 0.05) is 19.8 Å². The molecule has 3 rings (SSSR count). The summed E-state index contributed by atoms with van der Waals surface area (Å²) in [5.74, 6) is 0.367. The SMILES string of the molecule is CC(=O)Oc1ccc2c(c1)CC1OC1C2. The molecule has 2 aliphatic rings. The second kappa shape index (κ2) is 3.07. The number of esters is 1. The molecule has 2 atom stereocenters. The molecule has 3 nitrogen and oxygen atoms in total. The molecule has 15 heavy (non-hydrogen) atoms. The number of ether oxygens (including phenoxy) is 2. The van der Waals surface area contributed by atoms with Crippen molar-refractivity contribution < 1.29 is 14.3 Å². The third-order valence-electron chi connectivity index (χ3n) is 2.97. The topological polar surface area (TPSA) is 38.8 Å². The largest absolute Gasteiger partial charge is 0.427 e. The summed E-state index contributed by atoms with van der Waals surface area (Å²) in [5.41, 5.74) is 2.58. The van der Waals surface area contributed by atoms with Crippen LogP contribution in [0.2, 0.25) is 0 Å². The monoisotopic (exact) mass is 204 g/mol. The van der Waals surface area contributed by atoms with Crippen molar-refractivity contribution in [2.45, 2.75) is 32.0 Å². The lowest BCUT2D eigenvalue weighted by molar-refractivity contribution is -0.131. The molecular weight excluding hydrogens is 192 g/mol. The fourth-order valence-electron chi connectivity index (χ4n) is 2.19. The first-order chi connectivity index (χ1) is 7.22. The maximum Gasteiger partial charge on any atom is 0.308 e. The van der Waals surface area contributed by atoms with E-state index in [0.717, 1.165) is 12.8 Å². The van der Waals surface area contributed by atoms with Gasteiger partial charge in [0.15, 0.2) is 0 Å². The van der Waals surface area contributed by atoms with E-state index in [1.54, 1.807) is 0 Å². The van der Waals surface area contributed by atoms with Crippen LogP contribution in [0.15, 0.2) is 18.2 Å². The molecular formula is C12H12O3. The number of benzene rings is 1. The molecule has 3 heteroatoms. The van der Waals surface area contributed by atoms with E-state index in [4.69, 9.17) is 9.47 Å². The van der Waals surface area contributed by atoms with Gasteiger partial charge >= 0.3 is 5.97 Å². The Balaban J connectivity index is 1.89. The summed E-state index contributed by atoms with van der Waals surface area (Å²) in [4.78, 5) is 10.8. The fraction of sp³-hybridized carbons (Fsp3) is 0.417. The van der Waals surface area contributed by atoms with Crippen molar-refractivity contribution in [3.05, 3.63) is 29.3 Å². The Kier molecular flexibility index (Phi) is 1.83. The fourth-order valence-corrected chi connectivity index (χ4v) is 2.19. The zero-order valence-corrected chi connectivity index (χ0v) is 8.53. The van der Waals surface area contributed by atoms with E-state index in [1.165, 1.54) is 18.1 Å². The normalized spacial score (nSPS) is 26.5. The molecule has 1 aliphatic heterocycles. The molecule has 78 valence electrons. The Labute approximate surface area is 88.0 Å². The second-order valence-corrected chi connectivity index (χ2v) is 4.15. The van der Waals surface area contributed by atoms with Crippen molar-refractivity contribution >= 4 is 5.97 Å². The average molecular weight is 204 g/mol. The van der Waals surface area contributed by atoms with Gasteiger partial charge < -0.3 is 9.47 Å². The highest BCUT2D eigenvalue weighted by Crippen LogP contribution is 2.37. The van der Waals surface area contributed by atoms with Crippen LogP contribution in [0.3, 0.4) is 0 Å². The Bertz CT molecular complexity index is 425. The van der Waals surface area contributed by atoms with Gasteiger partial charge in [-0.2, -0.15) is 0 Å². The highest BCUT2D eigenvalue weighted by Gasteiger charge is 2.42. The molecule has 2 unspecified atom stereocenters. The molecule has 1 heterocycles. The molecule has 0 bridgehead atoms. The van der Waals surface area contributed by atoms with E-state index in [2.05, 4.69) is 0 Å². The molecule has 1 aromatic rings. The lowest BCUT2D eigenvalue weighted by Gasteiger charge is -2.13. The lowest BCUT2D eigenvalue weighted by atomic mass is 9.92. The molecule has 0 spiro atoms. The Morgan fingerprint density at radius 2 is 2.07 bits per heavy atom. The van der Waals surface area contributed by atoms with E-state index >= 15 is 0 Å². The van der Waals surface area contributed by atoms with Gasteiger partial charge in [0.2, 0.25) is 0 Å². The van der Waals surface area contributed by atoms with Crippen molar-refractivity contribution in [2.24, 2.45) is 0 Å². The second-order valence-electron chi connectivity index (χ2n) is 4.15. The average Bonchev–Trinajstić information content (AvgIpc) is 2.90. The van der Waals surface area contributed by atoms with Crippen LogP contribution >= 0.6 is 0 Å². The van der Waals surface area contributed by atoms with Gasteiger partial charge in [0.1, 0.15) is 5.75 Å². The van der Waals surface area contributed by atoms with Crippen molar-refractivity contribution in [3.8, 4) is 5.75 Å². The Hall–Kier alpha value is -1.35. The predicted octanol–water partition coefficient (Wildman–Crippen LogP) is 1.48. The van der Waals surface area contributed by atoms with Crippen molar-refractivity contribution in [1.82, 2.24) is 0 Å². The summed E-state index contributed by atoms with van der Waals surface area (Å²) in [6.45, 7) is 1.42. The van der Waals surface area contributed by atoms with Crippen LogP contribution in [-0.4, -0.2) is 18.2 Å². The summed E-state index contributed by atoms with van der Waals surface area (Å²) in [6.07, 6.45) is 2.80. The van der Waals surface area contributed by atoms with Crippen molar-refractivity contribution in [1.29, 1.82) is 0 Å². The summed E-state index contributed by atoms with van der Waals surface area (Å²) in [7, 11) is 0. The minimum absolute atomic E-state index is 0.272. The molecule has 0 amide bonds. The summed E-state index contributed by atoms with van der Waals surface area (Å²) in [5, 5.41) is 0.